The maximum absolute atomic E-state index is 6.18. The van der Waals surface area contributed by atoms with Crippen molar-refractivity contribution < 1.29 is 4.43 Å². The summed E-state index contributed by atoms with van der Waals surface area (Å²) in [5.41, 5.74) is 0. The molecule has 0 radical (unpaired) electrons. The molecule has 0 bridgehead atoms. The maximum atomic E-state index is 6.18. The topological polar surface area (TPSA) is 22.1 Å². The molecule has 0 atom stereocenters. The fraction of sp³-hybridized carbons (Fsp3) is 0.800. The third kappa shape index (κ3) is 6.37. The molecule has 0 saturated carbocycles. The number of aryl methyl sites for hydroxylation is 1. The van der Waals surface area contributed by atoms with E-state index >= 15 is 0 Å². The number of halogens is 1. The lowest BCUT2D eigenvalue weighted by Gasteiger charge is -2.36. The van der Waals surface area contributed by atoms with Gasteiger partial charge in [-0.15, -0.1) is 11.3 Å². The van der Waals surface area contributed by atoms with Crippen LogP contribution in [0, 0.1) is 0 Å². The van der Waals surface area contributed by atoms with Crippen LogP contribution in [0.2, 0.25) is 18.1 Å². The molecule has 0 aliphatic rings. The second kappa shape index (κ2) is 8.06. The standard InChI is InChI=1S/C15H28BrNOSSi/c1-15(2,3)20(4,5)18-11-9-7-6-8-10-14-17-13(16)12-19-14/h12H,6-11H2,1-5H3. The minimum absolute atomic E-state index is 0.325. The zero-order valence-corrected chi connectivity index (χ0v) is 16.9. The summed E-state index contributed by atoms with van der Waals surface area (Å²) in [5.74, 6) is 0. The van der Waals surface area contributed by atoms with Gasteiger partial charge in [0.1, 0.15) is 4.60 Å². The fourth-order valence-corrected chi connectivity index (χ4v) is 4.08. The van der Waals surface area contributed by atoms with Crippen LogP contribution in [0.15, 0.2) is 9.98 Å². The number of thiazole rings is 1. The van der Waals surface area contributed by atoms with Crippen molar-refractivity contribution in [2.45, 2.75) is 71.0 Å². The van der Waals surface area contributed by atoms with E-state index in [0.29, 0.717) is 5.04 Å². The van der Waals surface area contributed by atoms with Crippen molar-refractivity contribution in [3.05, 3.63) is 15.0 Å². The third-order valence-electron chi connectivity index (χ3n) is 4.08. The smallest absolute Gasteiger partial charge is 0.191 e. The predicted octanol–water partition coefficient (Wildman–Crippen LogP) is 6.03. The van der Waals surface area contributed by atoms with Crippen molar-refractivity contribution in [1.29, 1.82) is 0 Å². The van der Waals surface area contributed by atoms with E-state index in [0.717, 1.165) is 17.6 Å². The average molecular weight is 378 g/mol. The summed E-state index contributed by atoms with van der Waals surface area (Å²) >= 11 is 5.14. The molecule has 0 amide bonds. The predicted molar refractivity (Wildman–Crippen MR) is 95.1 cm³/mol. The zero-order valence-electron chi connectivity index (χ0n) is 13.5. The van der Waals surface area contributed by atoms with E-state index in [-0.39, 0.29) is 0 Å². The molecule has 0 unspecified atom stereocenters. The first-order valence-electron chi connectivity index (χ1n) is 7.46. The second-order valence-electron chi connectivity index (χ2n) is 6.84. The first-order valence-corrected chi connectivity index (χ1v) is 12.0. The van der Waals surface area contributed by atoms with Gasteiger partial charge in [-0.05, 0) is 53.3 Å². The van der Waals surface area contributed by atoms with E-state index < -0.39 is 8.32 Å². The van der Waals surface area contributed by atoms with Gasteiger partial charge in [0.25, 0.3) is 0 Å². The van der Waals surface area contributed by atoms with Crippen LogP contribution in [0.3, 0.4) is 0 Å². The molecule has 2 nitrogen and oxygen atoms in total. The van der Waals surface area contributed by atoms with E-state index in [4.69, 9.17) is 4.43 Å². The van der Waals surface area contributed by atoms with Crippen molar-refractivity contribution in [1.82, 2.24) is 4.98 Å². The highest BCUT2D eigenvalue weighted by Gasteiger charge is 2.36. The molecule has 20 heavy (non-hydrogen) atoms. The third-order valence-corrected chi connectivity index (χ3v) is 10.2. The van der Waals surface area contributed by atoms with Crippen molar-refractivity contribution in [3.63, 3.8) is 0 Å². The number of hydrogen-bond donors (Lipinski definition) is 0. The summed E-state index contributed by atoms with van der Waals surface area (Å²) in [7, 11) is -1.54. The number of rotatable bonds is 8. The molecule has 1 heterocycles. The summed E-state index contributed by atoms with van der Waals surface area (Å²) in [6, 6.07) is 0. The van der Waals surface area contributed by atoms with E-state index in [1.807, 2.05) is 0 Å². The summed E-state index contributed by atoms with van der Waals surface area (Å²) < 4.78 is 7.16. The zero-order chi connectivity index (χ0) is 15.2. The Kier molecular flexibility index (Phi) is 7.39. The van der Waals surface area contributed by atoms with Crippen LogP contribution in [0.4, 0.5) is 0 Å². The van der Waals surface area contributed by atoms with Gasteiger partial charge < -0.3 is 4.43 Å². The number of nitrogens with zero attached hydrogens (tertiary/aromatic N) is 1. The molecule has 0 aliphatic heterocycles. The van der Waals surface area contributed by atoms with Gasteiger partial charge in [-0.25, -0.2) is 4.98 Å². The minimum atomic E-state index is -1.54. The molecule has 1 aromatic heterocycles. The molecule has 0 aliphatic carbocycles. The van der Waals surface area contributed by atoms with E-state index in [1.165, 1.54) is 30.7 Å². The molecule has 116 valence electrons. The largest absolute Gasteiger partial charge is 0.417 e. The Morgan fingerprint density at radius 3 is 2.40 bits per heavy atom. The number of hydrogen-bond acceptors (Lipinski definition) is 3. The van der Waals surface area contributed by atoms with E-state index in [1.54, 1.807) is 11.3 Å². The minimum Gasteiger partial charge on any atom is -0.417 e. The lowest BCUT2D eigenvalue weighted by molar-refractivity contribution is 0.277. The second-order valence-corrected chi connectivity index (χ2v) is 13.4. The van der Waals surface area contributed by atoms with Crippen LogP contribution >= 0.6 is 27.3 Å². The molecular weight excluding hydrogens is 350 g/mol. The van der Waals surface area contributed by atoms with Gasteiger partial charge in [-0.2, -0.15) is 0 Å². The van der Waals surface area contributed by atoms with Crippen molar-refractivity contribution in [2.24, 2.45) is 0 Å². The highest BCUT2D eigenvalue weighted by molar-refractivity contribution is 9.10. The van der Waals surface area contributed by atoms with Crippen LogP contribution in [0.1, 0.15) is 51.5 Å². The molecular formula is C15H28BrNOSSi. The Bertz CT molecular complexity index is 401. The first kappa shape index (κ1) is 18.3. The highest BCUT2D eigenvalue weighted by atomic mass is 79.9. The Hall–Kier alpha value is 0.287. The Labute approximate surface area is 137 Å². The lowest BCUT2D eigenvalue weighted by Crippen LogP contribution is -2.40. The van der Waals surface area contributed by atoms with Gasteiger partial charge in [0.05, 0.1) is 5.01 Å². The van der Waals surface area contributed by atoms with Crippen molar-refractivity contribution in [3.8, 4) is 0 Å². The maximum Gasteiger partial charge on any atom is 0.191 e. The molecule has 0 fully saturated rings. The van der Waals surface area contributed by atoms with Gasteiger partial charge in [0.15, 0.2) is 8.32 Å². The molecule has 0 aromatic carbocycles. The van der Waals surface area contributed by atoms with Gasteiger partial charge in [0.2, 0.25) is 0 Å². The van der Waals surface area contributed by atoms with Crippen LogP contribution < -0.4 is 0 Å². The van der Waals surface area contributed by atoms with Gasteiger partial charge >= 0.3 is 0 Å². The van der Waals surface area contributed by atoms with Gasteiger partial charge in [0, 0.05) is 12.0 Å². The lowest BCUT2D eigenvalue weighted by atomic mass is 10.1. The van der Waals surface area contributed by atoms with E-state index in [9.17, 15) is 0 Å². The van der Waals surface area contributed by atoms with Crippen LogP contribution in [-0.4, -0.2) is 19.9 Å². The Morgan fingerprint density at radius 1 is 1.20 bits per heavy atom. The molecule has 5 heteroatoms. The Morgan fingerprint density at radius 2 is 1.85 bits per heavy atom. The van der Waals surface area contributed by atoms with Crippen molar-refractivity contribution >= 4 is 35.6 Å². The summed E-state index contributed by atoms with van der Waals surface area (Å²) in [6.07, 6.45) is 6.08. The number of aromatic nitrogens is 1. The normalized spacial score (nSPS) is 12.9. The summed E-state index contributed by atoms with van der Waals surface area (Å²) in [5, 5.41) is 3.63. The highest BCUT2D eigenvalue weighted by Crippen LogP contribution is 2.36. The monoisotopic (exact) mass is 377 g/mol. The SMILES string of the molecule is CC(C)(C)[Si](C)(C)OCCCCCCc1nc(Br)cs1. The summed E-state index contributed by atoms with van der Waals surface area (Å²) in [6.45, 7) is 12.5. The number of unbranched alkanes of at least 4 members (excludes halogenated alkanes) is 3. The van der Waals surface area contributed by atoms with Crippen molar-refractivity contribution in [2.75, 3.05) is 6.61 Å². The van der Waals surface area contributed by atoms with Crippen LogP contribution in [0.5, 0.6) is 0 Å². The van der Waals surface area contributed by atoms with Gasteiger partial charge in [-0.1, -0.05) is 33.6 Å². The Balaban J connectivity index is 2.05. The fourth-order valence-electron chi connectivity index (χ4n) is 1.68. The molecule has 0 N–H and O–H groups in total. The average Bonchev–Trinajstić information content (AvgIpc) is 2.72. The summed E-state index contributed by atoms with van der Waals surface area (Å²) in [4.78, 5) is 4.42. The first-order chi connectivity index (χ1) is 9.22. The quantitative estimate of drug-likeness (QED) is 0.407. The van der Waals surface area contributed by atoms with Gasteiger partial charge in [-0.3, -0.25) is 0 Å². The van der Waals surface area contributed by atoms with Crippen LogP contribution in [0.25, 0.3) is 0 Å². The van der Waals surface area contributed by atoms with E-state index in [2.05, 4.69) is 60.2 Å². The molecule has 0 spiro atoms. The molecule has 1 aromatic rings. The van der Waals surface area contributed by atoms with Crippen LogP contribution in [-0.2, 0) is 10.8 Å². The molecule has 0 saturated heterocycles. The molecule has 1 rings (SSSR count).